The predicted molar refractivity (Wildman–Crippen MR) is 102 cm³/mol. The molecule has 132 valence electrons. The second-order valence-electron chi connectivity index (χ2n) is 6.72. The lowest BCUT2D eigenvalue weighted by molar-refractivity contribution is -0.117. The Kier molecular flexibility index (Phi) is 5.98. The Morgan fingerprint density at radius 2 is 1.76 bits per heavy atom. The van der Waals surface area contributed by atoms with E-state index >= 15 is 0 Å². The maximum atomic E-state index is 12.3. The first kappa shape index (κ1) is 17.8. The maximum Gasteiger partial charge on any atom is 0.224 e. The number of benzene rings is 2. The molecule has 1 saturated carbocycles. The molecule has 0 radical (unpaired) electrons. The summed E-state index contributed by atoms with van der Waals surface area (Å²) in [5, 5.41) is 3.63. The van der Waals surface area contributed by atoms with Gasteiger partial charge in [-0.3, -0.25) is 4.79 Å². The summed E-state index contributed by atoms with van der Waals surface area (Å²) in [6, 6.07) is 15.5. The largest absolute Gasteiger partial charge is 0.496 e. The third kappa shape index (κ3) is 4.76. The van der Waals surface area contributed by atoms with Crippen molar-refractivity contribution in [2.45, 2.75) is 38.0 Å². The minimum atomic E-state index is 0.0862. The molecule has 0 atom stereocenters. The number of ether oxygens (including phenoxy) is 1. The van der Waals surface area contributed by atoms with E-state index in [4.69, 9.17) is 16.3 Å². The van der Waals surface area contributed by atoms with E-state index in [0.717, 1.165) is 37.1 Å². The van der Waals surface area contributed by atoms with E-state index in [-0.39, 0.29) is 5.91 Å². The van der Waals surface area contributed by atoms with Crippen LogP contribution in [0.2, 0.25) is 5.02 Å². The minimum absolute atomic E-state index is 0.0862. The molecule has 0 spiro atoms. The zero-order chi connectivity index (χ0) is 17.6. The van der Waals surface area contributed by atoms with Gasteiger partial charge in [0.05, 0.1) is 7.11 Å². The van der Waals surface area contributed by atoms with E-state index in [2.05, 4.69) is 17.4 Å². The van der Waals surface area contributed by atoms with Gasteiger partial charge in [0.1, 0.15) is 5.75 Å². The van der Waals surface area contributed by atoms with E-state index in [9.17, 15) is 4.79 Å². The number of carbonyl (C=O) groups is 1. The molecule has 1 N–H and O–H groups in total. The van der Waals surface area contributed by atoms with Crippen molar-refractivity contribution < 1.29 is 9.53 Å². The average molecular weight is 358 g/mol. The molecule has 0 saturated heterocycles. The van der Waals surface area contributed by atoms with Crippen LogP contribution in [0.4, 0.5) is 5.69 Å². The highest BCUT2D eigenvalue weighted by Crippen LogP contribution is 2.40. The Morgan fingerprint density at radius 1 is 1.08 bits per heavy atom. The number of methoxy groups -OCH3 is 1. The molecule has 0 heterocycles. The molecular weight excluding hydrogens is 334 g/mol. The first-order valence-electron chi connectivity index (χ1n) is 8.84. The van der Waals surface area contributed by atoms with Crippen LogP contribution in [0.1, 0.15) is 43.6 Å². The van der Waals surface area contributed by atoms with Crippen LogP contribution in [0, 0.1) is 5.92 Å². The topological polar surface area (TPSA) is 38.3 Å². The van der Waals surface area contributed by atoms with Gasteiger partial charge in [-0.25, -0.2) is 0 Å². The highest BCUT2D eigenvalue weighted by atomic mass is 35.5. The number of amides is 1. The second-order valence-corrected chi connectivity index (χ2v) is 7.16. The van der Waals surface area contributed by atoms with Crippen molar-refractivity contribution in [3.05, 3.63) is 59.1 Å². The van der Waals surface area contributed by atoms with Crippen molar-refractivity contribution in [2.24, 2.45) is 5.92 Å². The highest BCUT2D eigenvalue weighted by molar-refractivity contribution is 6.30. The van der Waals surface area contributed by atoms with E-state index < -0.39 is 0 Å². The number of hydrogen-bond acceptors (Lipinski definition) is 2. The first-order chi connectivity index (χ1) is 12.2. The fourth-order valence-electron chi connectivity index (χ4n) is 3.69. The predicted octanol–water partition coefficient (Wildman–Crippen LogP) is 5.65. The summed E-state index contributed by atoms with van der Waals surface area (Å²) in [6.07, 6.45) is 4.97. The molecule has 3 nitrogen and oxygen atoms in total. The van der Waals surface area contributed by atoms with Crippen LogP contribution in [-0.2, 0) is 4.79 Å². The van der Waals surface area contributed by atoms with Gasteiger partial charge in [-0.15, -0.1) is 0 Å². The molecule has 1 fully saturated rings. The summed E-state index contributed by atoms with van der Waals surface area (Å²) in [6.45, 7) is 0. The molecule has 2 aromatic rings. The number of rotatable bonds is 5. The molecule has 0 bridgehead atoms. The van der Waals surface area contributed by atoms with E-state index in [0.29, 0.717) is 23.3 Å². The molecule has 0 unspecified atom stereocenters. The summed E-state index contributed by atoms with van der Waals surface area (Å²) in [4.78, 5) is 12.3. The summed E-state index contributed by atoms with van der Waals surface area (Å²) in [5.41, 5.74) is 2.10. The number of halogens is 1. The van der Waals surface area contributed by atoms with Crippen LogP contribution in [0.25, 0.3) is 0 Å². The third-order valence-corrected chi connectivity index (χ3v) is 5.28. The lowest BCUT2D eigenvalue weighted by atomic mass is 9.77. The van der Waals surface area contributed by atoms with E-state index in [1.807, 2.05) is 24.3 Å². The summed E-state index contributed by atoms with van der Waals surface area (Å²) in [5.74, 6) is 2.06. The van der Waals surface area contributed by atoms with E-state index in [1.165, 1.54) is 5.56 Å². The van der Waals surface area contributed by atoms with Crippen molar-refractivity contribution in [1.29, 1.82) is 0 Å². The zero-order valence-electron chi connectivity index (χ0n) is 14.5. The normalized spacial score (nSPS) is 20.1. The van der Waals surface area contributed by atoms with Crippen LogP contribution in [0.5, 0.6) is 5.75 Å². The monoisotopic (exact) mass is 357 g/mol. The van der Waals surface area contributed by atoms with Crippen molar-refractivity contribution >= 4 is 23.2 Å². The molecule has 0 aliphatic heterocycles. The van der Waals surface area contributed by atoms with Gasteiger partial charge in [-0.1, -0.05) is 29.8 Å². The molecule has 1 aliphatic rings. The molecule has 1 aliphatic carbocycles. The SMILES string of the molecule is COc1ccccc1[C@H]1CC[C@@H](CC(=O)Nc2ccc(Cl)cc2)CC1. The molecule has 0 aromatic heterocycles. The summed E-state index contributed by atoms with van der Waals surface area (Å²) >= 11 is 5.87. The Labute approximate surface area is 154 Å². The zero-order valence-corrected chi connectivity index (χ0v) is 15.3. The number of nitrogens with one attached hydrogen (secondary N) is 1. The van der Waals surface area contributed by atoms with Gasteiger partial charge in [0, 0.05) is 17.1 Å². The minimum Gasteiger partial charge on any atom is -0.496 e. The fourth-order valence-corrected chi connectivity index (χ4v) is 3.81. The Bertz CT molecular complexity index is 706. The highest BCUT2D eigenvalue weighted by Gasteiger charge is 2.25. The van der Waals surface area contributed by atoms with Gasteiger partial charge in [0.15, 0.2) is 0 Å². The van der Waals surface area contributed by atoms with Crippen LogP contribution in [0.15, 0.2) is 48.5 Å². The smallest absolute Gasteiger partial charge is 0.224 e. The Balaban J connectivity index is 1.50. The molecule has 3 rings (SSSR count). The Hall–Kier alpha value is -2.00. The quantitative estimate of drug-likeness (QED) is 0.750. The number of anilines is 1. The second kappa shape index (κ2) is 8.39. The number of para-hydroxylation sites is 1. The first-order valence-corrected chi connectivity index (χ1v) is 9.22. The third-order valence-electron chi connectivity index (χ3n) is 5.03. The lowest BCUT2D eigenvalue weighted by Gasteiger charge is -2.29. The van der Waals surface area contributed by atoms with Crippen molar-refractivity contribution in [1.82, 2.24) is 0 Å². The standard InChI is InChI=1S/C21H24ClNO2/c1-25-20-5-3-2-4-19(20)16-8-6-15(7-9-16)14-21(24)23-18-12-10-17(22)11-13-18/h2-5,10-13,15-16H,6-9,14H2,1H3,(H,23,24)/t15-,16+. The van der Waals surface area contributed by atoms with Crippen molar-refractivity contribution in [2.75, 3.05) is 12.4 Å². The molecule has 4 heteroatoms. The van der Waals surface area contributed by atoms with Crippen molar-refractivity contribution in [3.8, 4) is 5.75 Å². The average Bonchev–Trinajstić information content (AvgIpc) is 2.64. The molecule has 25 heavy (non-hydrogen) atoms. The lowest BCUT2D eigenvalue weighted by Crippen LogP contribution is -2.20. The molecular formula is C21H24ClNO2. The van der Waals surface area contributed by atoms with Crippen LogP contribution in [0.3, 0.4) is 0 Å². The van der Waals surface area contributed by atoms with Gasteiger partial charge >= 0.3 is 0 Å². The van der Waals surface area contributed by atoms with Gasteiger partial charge < -0.3 is 10.1 Å². The van der Waals surface area contributed by atoms with Gasteiger partial charge in [-0.05, 0) is 73.4 Å². The fraction of sp³-hybridized carbons (Fsp3) is 0.381. The van der Waals surface area contributed by atoms with Crippen molar-refractivity contribution in [3.63, 3.8) is 0 Å². The molecule has 2 aromatic carbocycles. The van der Waals surface area contributed by atoms with Crippen LogP contribution >= 0.6 is 11.6 Å². The Morgan fingerprint density at radius 3 is 2.44 bits per heavy atom. The summed E-state index contributed by atoms with van der Waals surface area (Å²) < 4.78 is 5.49. The van der Waals surface area contributed by atoms with Gasteiger partial charge in [0.25, 0.3) is 0 Å². The maximum absolute atomic E-state index is 12.3. The van der Waals surface area contributed by atoms with E-state index in [1.54, 1.807) is 19.2 Å². The van der Waals surface area contributed by atoms with Gasteiger partial charge in [-0.2, -0.15) is 0 Å². The van der Waals surface area contributed by atoms with Crippen LogP contribution < -0.4 is 10.1 Å². The molecule has 1 amide bonds. The van der Waals surface area contributed by atoms with Crippen LogP contribution in [-0.4, -0.2) is 13.0 Å². The number of hydrogen-bond donors (Lipinski definition) is 1. The number of carbonyl (C=O) groups excluding carboxylic acids is 1. The summed E-state index contributed by atoms with van der Waals surface area (Å²) in [7, 11) is 1.73. The van der Waals surface area contributed by atoms with Gasteiger partial charge in [0.2, 0.25) is 5.91 Å².